The van der Waals surface area contributed by atoms with Crippen LogP contribution in [-0.4, -0.2) is 27.9 Å². The summed E-state index contributed by atoms with van der Waals surface area (Å²) in [6.45, 7) is 0.487. The van der Waals surface area contributed by atoms with Gasteiger partial charge in [-0.3, -0.25) is 9.69 Å². The van der Waals surface area contributed by atoms with Gasteiger partial charge in [0.15, 0.2) is 5.11 Å². The first-order valence-electron chi connectivity index (χ1n) is 7.17. The number of halogens is 1. The summed E-state index contributed by atoms with van der Waals surface area (Å²) in [5, 5.41) is 0.530. The first kappa shape index (κ1) is 15.9. The molecule has 23 heavy (non-hydrogen) atoms. The molecule has 0 N–H and O–H groups in total. The summed E-state index contributed by atoms with van der Waals surface area (Å²) in [7, 11) is 1.83. The molecule has 2 aromatic carbocycles. The van der Waals surface area contributed by atoms with Gasteiger partial charge in [-0.25, -0.2) is 0 Å². The molecule has 0 saturated carbocycles. The summed E-state index contributed by atoms with van der Waals surface area (Å²) in [6.07, 6.45) is 1.87. The number of likely N-dealkylation sites (N-methyl/N-ethyl adjacent to an activating group) is 1. The van der Waals surface area contributed by atoms with Gasteiger partial charge >= 0.3 is 0 Å². The molecule has 0 spiro atoms. The number of hydrogen-bond donors (Lipinski definition) is 0. The van der Waals surface area contributed by atoms with E-state index in [1.165, 1.54) is 0 Å². The Labute approximate surface area is 149 Å². The summed E-state index contributed by atoms with van der Waals surface area (Å²) in [5.74, 6) is -0.0655. The van der Waals surface area contributed by atoms with Crippen molar-refractivity contribution in [2.45, 2.75) is 6.54 Å². The van der Waals surface area contributed by atoms with E-state index in [0.717, 1.165) is 15.6 Å². The molecule has 1 fully saturated rings. The largest absolute Gasteiger partial charge is 0.317 e. The Morgan fingerprint density at radius 3 is 2.39 bits per heavy atom. The molecular weight excluding hydrogens is 372 g/mol. The number of thiocarbonyl (C=S) groups is 1. The van der Waals surface area contributed by atoms with Crippen LogP contribution in [0.2, 0.25) is 0 Å². The topological polar surface area (TPSA) is 23.6 Å². The molecule has 0 bridgehead atoms. The molecule has 0 unspecified atom stereocenters. The molecule has 116 valence electrons. The van der Waals surface area contributed by atoms with E-state index in [1.807, 2.05) is 67.7 Å². The van der Waals surface area contributed by atoms with E-state index in [1.54, 1.807) is 9.80 Å². The first-order valence-corrected chi connectivity index (χ1v) is 8.37. The highest BCUT2D eigenvalue weighted by Crippen LogP contribution is 2.24. The highest BCUT2D eigenvalue weighted by Gasteiger charge is 2.35. The Morgan fingerprint density at radius 2 is 1.74 bits per heavy atom. The van der Waals surface area contributed by atoms with Crippen LogP contribution in [-0.2, 0) is 11.3 Å². The van der Waals surface area contributed by atoms with E-state index in [-0.39, 0.29) is 5.91 Å². The normalized spacial score (nSPS) is 16.5. The molecule has 0 aliphatic carbocycles. The van der Waals surface area contributed by atoms with Gasteiger partial charge in [0.25, 0.3) is 5.91 Å². The first-order chi connectivity index (χ1) is 11.1. The van der Waals surface area contributed by atoms with E-state index >= 15 is 0 Å². The van der Waals surface area contributed by atoms with Crippen LogP contribution in [0.25, 0.3) is 6.08 Å². The van der Waals surface area contributed by atoms with E-state index < -0.39 is 0 Å². The molecule has 1 aliphatic heterocycles. The van der Waals surface area contributed by atoms with Crippen molar-refractivity contribution in [1.82, 2.24) is 9.80 Å². The third-order valence-corrected chi connectivity index (χ3v) is 4.72. The second-order valence-corrected chi connectivity index (χ2v) is 6.58. The lowest BCUT2D eigenvalue weighted by Gasteiger charge is -2.16. The minimum Gasteiger partial charge on any atom is -0.317 e. The molecule has 2 aromatic rings. The van der Waals surface area contributed by atoms with Crippen molar-refractivity contribution < 1.29 is 4.79 Å². The summed E-state index contributed by atoms with van der Waals surface area (Å²) in [4.78, 5) is 16.1. The molecule has 0 aromatic heterocycles. The van der Waals surface area contributed by atoms with Crippen molar-refractivity contribution in [3.8, 4) is 0 Å². The summed E-state index contributed by atoms with van der Waals surface area (Å²) >= 11 is 8.85. The fourth-order valence-electron chi connectivity index (χ4n) is 2.43. The summed E-state index contributed by atoms with van der Waals surface area (Å²) in [5.41, 5.74) is 2.61. The number of amides is 1. The number of benzene rings is 2. The number of hydrogen-bond acceptors (Lipinski definition) is 2. The second-order valence-electron chi connectivity index (χ2n) is 5.30. The highest BCUT2D eigenvalue weighted by atomic mass is 79.9. The smallest absolute Gasteiger partial charge is 0.277 e. The van der Waals surface area contributed by atoms with Crippen molar-refractivity contribution in [3.05, 3.63) is 75.9 Å². The van der Waals surface area contributed by atoms with Gasteiger partial charge in [-0.2, -0.15) is 0 Å². The van der Waals surface area contributed by atoms with Crippen LogP contribution in [0.1, 0.15) is 11.1 Å². The van der Waals surface area contributed by atoms with Crippen LogP contribution in [0.15, 0.2) is 64.8 Å². The van der Waals surface area contributed by atoms with Gasteiger partial charge in [0.1, 0.15) is 5.70 Å². The Kier molecular flexibility index (Phi) is 4.59. The maximum Gasteiger partial charge on any atom is 0.277 e. The number of rotatable bonds is 3. The maximum atomic E-state index is 12.7. The monoisotopic (exact) mass is 386 g/mol. The lowest BCUT2D eigenvalue weighted by molar-refractivity contribution is -0.122. The minimum atomic E-state index is -0.0655. The van der Waals surface area contributed by atoms with Crippen LogP contribution in [0.3, 0.4) is 0 Å². The van der Waals surface area contributed by atoms with Crippen LogP contribution in [0, 0.1) is 0 Å². The molecule has 0 atom stereocenters. The van der Waals surface area contributed by atoms with E-state index in [2.05, 4.69) is 15.9 Å². The fraction of sp³-hybridized carbons (Fsp3) is 0.111. The zero-order valence-corrected chi connectivity index (χ0v) is 15.0. The van der Waals surface area contributed by atoms with Crippen molar-refractivity contribution in [2.75, 3.05) is 7.05 Å². The predicted octanol–water partition coefficient (Wildman–Crippen LogP) is 4.05. The Balaban J connectivity index is 1.87. The molecule has 1 saturated heterocycles. The van der Waals surface area contributed by atoms with Crippen molar-refractivity contribution in [1.29, 1.82) is 0 Å². The third-order valence-electron chi connectivity index (χ3n) is 3.70. The molecule has 0 radical (unpaired) electrons. The average Bonchev–Trinajstić information content (AvgIpc) is 2.76. The number of carbonyl (C=O) groups excluding carboxylic acids is 1. The van der Waals surface area contributed by atoms with Gasteiger partial charge in [-0.05, 0) is 41.6 Å². The van der Waals surface area contributed by atoms with Crippen LogP contribution in [0.4, 0.5) is 0 Å². The van der Waals surface area contributed by atoms with Gasteiger partial charge < -0.3 is 4.90 Å². The van der Waals surface area contributed by atoms with Gasteiger partial charge in [0, 0.05) is 11.5 Å². The van der Waals surface area contributed by atoms with Gasteiger partial charge in [-0.1, -0.05) is 58.4 Å². The number of carbonyl (C=O) groups is 1. The number of nitrogens with zero attached hydrogens (tertiary/aromatic N) is 2. The fourth-order valence-corrected chi connectivity index (χ4v) is 2.94. The standard InChI is InChI=1S/C18H15BrN2OS/c1-20-16(11-13-7-9-15(19)10-8-13)17(22)21(18(20)23)12-14-5-3-2-4-6-14/h2-11H,12H2,1H3/b16-11+. The van der Waals surface area contributed by atoms with Crippen LogP contribution < -0.4 is 0 Å². The molecule has 1 aliphatic rings. The SMILES string of the molecule is CN1C(=S)N(Cc2ccccc2)C(=O)/C1=C\c1ccc(Br)cc1. The predicted molar refractivity (Wildman–Crippen MR) is 99.5 cm³/mol. The highest BCUT2D eigenvalue weighted by molar-refractivity contribution is 9.10. The molecule has 1 amide bonds. The quantitative estimate of drug-likeness (QED) is 0.587. The lowest BCUT2D eigenvalue weighted by atomic mass is 10.2. The van der Waals surface area contributed by atoms with Crippen LogP contribution >= 0.6 is 28.1 Å². The molecular formula is C18H15BrN2OS. The molecule has 3 nitrogen and oxygen atoms in total. The zero-order valence-electron chi connectivity index (χ0n) is 12.6. The second kappa shape index (κ2) is 6.64. The lowest BCUT2D eigenvalue weighted by Crippen LogP contribution is -2.30. The van der Waals surface area contributed by atoms with Crippen LogP contribution in [0.5, 0.6) is 0 Å². The summed E-state index contributed by atoms with van der Waals surface area (Å²) in [6, 6.07) is 17.7. The maximum absolute atomic E-state index is 12.7. The molecule has 3 rings (SSSR count). The molecule has 5 heteroatoms. The third kappa shape index (κ3) is 3.35. The minimum absolute atomic E-state index is 0.0655. The van der Waals surface area contributed by atoms with E-state index in [4.69, 9.17) is 12.2 Å². The Bertz CT molecular complexity index is 771. The Hall–Kier alpha value is -1.98. The van der Waals surface area contributed by atoms with Gasteiger partial charge in [-0.15, -0.1) is 0 Å². The Morgan fingerprint density at radius 1 is 1.09 bits per heavy atom. The summed E-state index contributed by atoms with van der Waals surface area (Å²) < 4.78 is 1.01. The van der Waals surface area contributed by atoms with E-state index in [9.17, 15) is 4.79 Å². The molecule has 1 heterocycles. The average molecular weight is 387 g/mol. The van der Waals surface area contributed by atoms with Gasteiger partial charge in [0.2, 0.25) is 0 Å². The van der Waals surface area contributed by atoms with Crippen molar-refractivity contribution >= 4 is 45.2 Å². The van der Waals surface area contributed by atoms with E-state index in [0.29, 0.717) is 17.4 Å². The van der Waals surface area contributed by atoms with Gasteiger partial charge in [0.05, 0.1) is 6.54 Å². The zero-order chi connectivity index (χ0) is 16.4. The van der Waals surface area contributed by atoms with Crippen molar-refractivity contribution in [2.24, 2.45) is 0 Å². The van der Waals surface area contributed by atoms with Crippen molar-refractivity contribution in [3.63, 3.8) is 0 Å².